The summed E-state index contributed by atoms with van der Waals surface area (Å²) in [6, 6.07) is 7.39. The van der Waals surface area contributed by atoms with Crippen molar-refractivity contribution in [3.8, 4) is 5.75 Å². The highest BCUT2D eigenvalue weighted by molar-refractivity contribution is 5.90. The second-order valence-corrected chi connectivity index (χ2v) is 5.17. The number of hydrogen-bond acceptors (Lipinski definition) is 4. The van der Waals surface area contributed by atoms with Crippen molar-refractivity contribution >= 4 is 11.6 Å². The Morgan fingerprint density at radius 2 is 1.85 bits per heavy atom. The van der Waals surface area contributed by atoms with Crippen LogP contribution in [0.25, 0.3) is 0 Å². The average molecular weight is 277 g/mol. The fourth-order valence-corrected chi connectivity index (χ4v) is 2.23. The Kier molecular flexibility index (Phi) is 5.38. The molecule has 0 radical (unpaired) electrons. The second kappa shape index (κ2) is 7.26. The molecule has 0 aromatic heterocycles. The molecule has 1 N–H and O–H groups in total. The number of carbonyl (C=O) groups is 1. The molecule has 1 saturated heterocycles. The summed E-state index contributed by atoms with van der Waals surface area (Å²) < 4.78 is 5.09. The van der Waals surface area contributed by atoms with Crippen LogP contribution in [0.3, 0.4) is 0 Å². The summed E-state index contributed by atoms with van der Waals surface area (Å²) in [5.41, 5.74) is 0.814. The van der Waals surface area contributed by atoms with Crippen molar-refractivity contribution in [2.45, 2.75) is 6.42 Å². The summed E-state index contributed by atoms with van der Waals surface area (Å²) in [6.45, 7) is 5.09. The Labute approximate surface area is 120 Å². The quantitative estimate of drug-likeness (QED) is 0.880. The number of benzene rings is 1. The molecule has 0 unspecified atom stereocenters. The number of hydrogen-bond donors (Lipinski definition) is 1. The molecule has 0 bridgehead atoms. The lowest BCUT2D eigenvalue weighted by Crippen LogP contribution is -2.45. The molecule has 5 heteroatoms. The van der Waals surface area contributed by atoms with E-state index in [1.807, 2.05) is 24.3 Å². The summed E-state index contributed by atoms with van der Waals surface area (Å²) >= 11 is 0. The van der Waals surface area contributed by atoms with E-state index in [2.05, 4.69) is 22.2 Å². The van der Waals surface area contributed by atoms with Gasteiger partial charge >= 0.3 is 0 Å². The van der Waals surface area contributed by atoms with Gasteiger partial charge in [-0.1, -0.05) is 0 Å². The van der Waals surface area contributed by atoms with E-state index in [9.17, 15) is 4.79 Å². The summed E-state index contributed by atoms with van der Waals surface area (Å²) in [5.74, 6) is 0.856. The lowest BCUT2D eigenvalue weighted by molar-refractivity contribution is -0.116. The number of ether oxygens (including phenoxy) is 1. The summed E-state index contributed by atoms with van der Waals surface area (Å²) in [4.78, 5) is 16.5. The molecule has 0 atom stereocenters. The number of nitrogens with one attached hydrogen (secondary N) is 1. The zero-order chi connectivity index (χ0) is 14.4. The molecule has 1 aromatic rings. The number of amides is 1. The molecule has 5 nitrogen and oxygen atoms in total. The Bertz CT molecular complexity index is 425. The van der Waals surface area contributed by atoms with Crippen LogP contribution < -0.4 is 10.1 Å². The minimum absolute atomic E-state index is 0.0640. The molecule has 1 aromatic carbocycles. The summed E-state index contributed by atoms with van der Waals surface area (Å²) in [5, 5.41) is 2.91. The van der Waals surface area contributed by atoms with Crippen LogP contribution in [0, 0.1) is 0 Å². The largest absolute Gasteiger partial charge is 0.497 e. The molecule has 1 fully saturated rings. The minimum atomic E-state index is 0.0640. The van der Waals surface area contributed by atoms with Crippen LogP contribution in [0.1, 0.15) is 6.42 Å². The van der Waals surface area contributed by atoms with Gasteiger partial charge in [-0.05, 0) is 31.3 Å². The number of rotatable bonds is 5. The first-order valence-corrected chi connectivity index (χ1v) is 7.02. The molecule has 1 aliphatic heterocycles. The third-order valence-electron chi connectivity index (χ3n) is 3.62. The zero-order valence-corrected chi connectivity index (χ0v) is 12.3. The fraction of sp³-hybridized carbons (Fsp3) is 0.533. The van der Waals surface area contributed by atoms with Gasteiger partial charge in [0.2, 0.25) is 5.91 Å². The average Bonchev–Trinajstić information content (AvgIpc) is 2.47. The van der Waals surface area contributed by atoms with Gasteiger partial charge in [0.1, 0.15) is 5.75 Å². The maximum atomic E-state index is 11.9. The zero-order valence-electron chi connectivity index (χ0n) is 12.3. The van der Waals surface area contributed by atoms with Gasteiger partial charge in [0.05, 0.1) is 7.11 Å². The number of nitrogens with zero attached hydrogens (tertiary/aromatic N) is 2. The van der Waals surface area contributed by atoms with Gasteiger partial charge in [-0.25, -0.2) is 0 Å². The minimum Gasteiger partial charge on any atom is -0.497 e. The molecule has 0 saturated carbocycles. The standard InChI is InChI=1S/C15H23N3O2/c1-17-9-11-18(12-10-17)8-7-15(19)16-13-3-5-14(20-2)6-4-13/h3-6H,7-12H2,1-2H3,(H,16,19). The molecule has 1 aliphatic rings. The maximum absolute atomic E-state index is 11.9. The Hall–Kier alpha value is -1.59. The fourth-order valence-electron chi connectivity index (χ4n) is 2.23. The summed E-state index contributed by atoms with van der Waals surface area (Å²) in [7, 11) is 3.76. The predicted molar refractivity (Wildman–Crippen MR) is 80.2 cm³/mol. The van der Waals surface area contributed by atoms with Crippen molar-refractivity contribution in [3.63, 3.8) is 0 Å². The number of likely N-dealkylation sites (N-methyl/N-ethyl adjacent to an activating group) is 1. The lowest BCUT2D eigenvalue weighted by Gasteiger charge is -2.32. The van der Waals surface area contributed by atoms with Crippen molar-refractivity contribution in [2.75, 3.05) is 52.2 Å². The van der Waals surface area contributed by atoms with Crippen LogP contribution in [0.4, 0.5) is 5.69 Å². The van der Waals surface area contributed by atoms with Gasteiger partial charge < -0.3 is 19.9 Å². The van der Waals surface area contributed by atoms with Gasteiger partial charge in [-0.15, -0.1) is 0 Å². The number of anilines is 1. The Morgan fingerprint density at radius 3 is 2.45 bits per heavy atom. The highest BCUT2D eigenvalue weighted by Crippen LogP contribution is 2.15. The van der Waals surface area contributed by atoms with Crippen LogP contribution >= 0.6 is 0 Å². The van der Waals surface area contributed by atoms with Crippen molar-refractivity contribution in [1.29, 1.82) is 0 Å². The topological polar surface area (TPSA) is 44.8 Å². The van der Waals surface area contributed by atoms with E-state index in [1.165, 1.54) is 0 Å². The van der Waals surface area contributed by atoms with Crippen LogP contribution in [-0.4, -0.2) is 62.6 Å². The number of piperazine rings is 1. The lowest BCUT2D eigenvalue weighted by atomic mass is 10.2. The van der Waals surface area contributed by atoms with Gasteiger partial charge in [0, 0.05) is 44.8 Å². The Balaban J connectivity index is 1.72. The molecule has 110 valence electrons. The van der Waals surface area contributed by atoms with E-state index < -0.39 is 0 Å². The van der Waals surface area contributed by atoms with Crippen molar-refractivity contribution in [1.82, 2.24) is 9.80 Å². The predicted octanol–water partition coefficient (Wildman–Crippen LogP) is 1.27. The second-order valence-electron chi connectivity index (χ2n) is 5.17. The highest BCUT2D eigenvalue weighted by Gasteiger charge is 2.14. The Morgan fingerprint density at radius 1 is 1.20 bits per heavy atom. The highest BCUT2D eigenvalue weighted by atomic mass is 16.5. The van der Waals surface area contributed by atoms with E-state index in [-0.39, 0.29) is 5.91 Å². The number of carbonyl (C=O) groups excluding carboxylic acids is 1. The van der Waals surface area contributed by atoms with Crippen molar-refractivity contribution < 1.29 is 9.53 Å². The first kappa shape index (κ1) is 14.8. The van der Waals surface area contributed by atoms with Gasteiger partial charge in [0.15, 0.2) is 0 Å². The smallest absolute Gasteiger partial charge is 0.225 e. The van der Waals surface area contributed by atoms with Crippen molar-refractivity contribution in [3.05, 3.63) is 24.3 Å². The van der Waals surface area contributed by atoms with Crippen LogP contribution in [0.15, 0.2) is 24.3 Å². The van der Waals surface area contributed by atoms with Gasteiger partial charge in [-0.2, -0.15) is 0 Å². The van der Waals surface area contributed by atoms with E-state index >= 15 is 0 Å². The molecule has 1 amide bonds. The van der Waals surface area contributed by atoms with E-state index in [4.69, 9.17) is 4.74 Å². The van der Waals surface area contributed by atoms with E-state index in [1.54, 1.807) is 7.11 Å². The molecule has 0 spiro atoms. The van der Waals surface area contributed by atoms with Gasteiger partial charge in [0.25, 0.3) is 0 Å². The van der Waals surface area contributed by atoms with Crippen molar-refractivity contribution in [2.24, 2.45) is 0 Å². The number of methoxy groups -OCH3 is 1. The molecule has 20 heavy (non-hydrogen) atoms. The van der Waals surface area contributed by atoms with E-state index in [0.29, 0.717) is 6.42 Å². The normalized spacial score (nSPS) is 16.9. The molecule has 1 heterocycles. The molecule has 0 aliphatic carbocycles. The SMILES string of the molecule is COc1ccc(NC(=O)CCN2CCN(C)CC2)cc1. The third kappa shape index (κ3) is 4.51. The van der Waals surface area contributed by atoms with Crippen LogP contribution in [-0.2, 0) is 4.79 Å². The monoisotopic (exact) mass is 277 g/mol. The molecule has 2 rings (SSSR count). The third-order valence-corrected chi connectivity index (χ3v) is 3.62. The maximum Gasteiger partial charge on any atom is 0.225 e. The van der Waals surface area contributed by atoms with Crippen LogP contribution in [0.5, 0.6) is 5.75 Å². The molecular weight excluding hydrogens is 254 g/mol. The first-order valence-electron chi connectivity index (χ1n) is 7.02. The summed E-state index contributed by atoms with van der Waals surface area (Å²) in [6.07, 6.45) is 0.537. The molecular formula is C15H23N3O2. The van der Waals surface area contributed by atoms with Gasteiger partial charge in [-0.3, -0.25) is 4.79 Å². The van der Waals surface area contributed by atoms with Crippen LogP contribution in [0.2, 0.25) is 0 Å². The first-order chi connectivity index (χ1) is 9.67. The van der Waals surface area contributed by atoms with E-state index in [0.717, 1.165) is 44.2 Å².